The Hall–Kier alpha value is -1.00. The van der Waals surface area contributed by atoms with Gasteiger partial charge in [0.05, 0.1) is 32.5 Å². The van der Waals surface area contributed by atoms with Crippen LogP contribution in [0.2, 0.25) is 0 Å². The predicted molar refractivity (Wildman–Crippen MR) is 175 cm³/mol. The van der Waals surface area contributed by atoms with Crippen LogP contribution in [0.5, 0.6) is 0 Å². The number of methoxy groups -OCH3 is 2. The highest BCUT2D eigenvalue weighted by Crippen LogP contribution is 2.35. The van der Waals surface area contributed by atoms with Crippen LogP contribution in [0, 0.1) is 0 Å². The molecule has 5 saturated heterocycles. The zero-order valence-electron chi connectivity index (χ0n) is 31.0. The van der Waals surface area contributed by atoms with Gasteiger partial charge < -0.3 is 124 Å². The van der Waals surface area contributed by atoms with Gasteiger partial charge in [-0.25, -0.2) is 0 Å². The molecular weight excluding hydrogens is 784 g/mol. The maximum atomic E-state index is 11.2. The molecule has 0 amide bonds. The first-order valence-corrected chi connectivity index (χ1v) is 18.2. The van der Waals surface area contributed by atoms with Gasteiger partial charge in [-0.3, -0.25) is 0 Å². The zero-order chi connectivity index (χ0) is 42.0. The average Bonchev–Trinajstić information content (AvgIpc) is 3.20. The van der Waals surface area contributed by atoms with Crippen LogP contribution in [-0.2, 0) is 52.1 Å². The fourth-order valence-electron chi connectivity index (χ4n) is 7.36. The lowest BCUT2D eigenvalue weighted by Gasteiger charge is -2.49. The van der Waals surface area contributed by atoms with E-state index in [-0.39, 0.29) is 0 Å². The topological polar surface area (TPSA) is 385 Å². The SMILES string of the molecule is CO[C@H]1O[C@@H](CO[C@@H]2O[C@@H](CO)[C@@H](O)[C@@H](O)[C@@H]2O)[C@H](O[C@@H]2O[C@H](C)[C@@H](O[C@@H]3O[C@H](CO)[C@@H](O[C@@H]4O[C@H](CO)[C@@H](OC)[C@H](O)[C@@H]4O)[C@H](O)[C@@H]3O)[C@H](O)[C@@H]2O)[C@@H](O)[C@H]1O. The number of aliphatic hydroxyl groups is 14. The molecule has 57 heavy (non-hydrogen) atoms. The molecule has 25 nitrogen and oxygen atoms in total. The van der Waals surface area contributed by atoms with Crippen molar-refractivity contribution in [3.8, 4) is 0 Å². The standard InChI is InChI=1S/C32H56O25/c1-8-24(55-31-23(46)18(41)26(11(6-35)53-31)56-32-22(45)16(39)25(47-2)10(5-34)52-32)15(38)21(44)30(50-8)57-27-12(54-28(48-3)20(43)17(27)40)7-49-29-19(42)14(37)13(36)9(4-33)51-29/h8-46H,4-7H2,1-3H3/t8-,9+,10-,11-,12+,13-,14-,15-,16-,17+,18-,19+,20-,21+,22+,23+,24-,25-,26-,27+,28+,29-,30+,31+,32+/m1/s1. The van der Waals surface area contributed by atoms with Gasteiger partial charge in [-0.1, -0.05) is 0 Å². The minimum Gasteiger partial charge on any atom is -0.394 e. The first-order valence-electron chi connectivity index (χ1n) is 18.2. The van der Waals surface area contributed by atoms with Crippen LogP contribution in [-0.4, -0.2) is 266 Å². The Balaban J connectivity index is 1.23. The highest BCUT2D eigenvalue weighted by molar-refractivity contribution is 4.98. The summed E-state index contributed by atoms with van der Waals surface area (Å²) in [4.78, 5) is 0. The highest BCUT2D eigenvalue weighted by Gasteiger charge is 2.55. The second kappa shape index (κ2) is 20.2. The van der Waals surface area contributed by atoms with Gasteiger partial charge in [0, 0.05) is 14.2 Å². The summed E-state index contributed by atoms with van der Waals surface area (Å²) < 4.78 is 60.9. The Morgan fingerprint density at radius 2 is 0.754 bits per heavy atom. The number of aliphatic hydroxyl groups excluding tert-OH is 14. The molecule has 0 unspecified atom stereocenters. The molecule has 0 aromatic rings. The predicted octanol–water partition coefficient (Wildman–Crippen LogP) is -9.59. The van der Waals surface area contributed by atoms with Crippen molar-refractivity contribution in [1.29, 1.82) is 0 Å². The molecule has 25 atom stereocenters. The molecule has 0 aromatic carbocycles. The quantitative estimate of drug-likeness (QED) is 0.0772. The first-order chi connectivity index (χ1) is 27.0. The van der Waals surface area contributed by atoms with Gasteiger partial charge in [-0.15, -0.1) is 0 Å². The summed E-state index contributed by atoms with van der Waals surface area (Å²) in [5.74, 6) is 0. The third-order valence-corrected chi connectivity index (χ3v) is 10.7. The molecule has 5 aliphatic rings. The monoisotopic (exact) mass is 840 g/mol. The van der Waals surface area contributed by atoms with E-state index in [9.17, 15) is 71.5 Å². The maximum absolute atomic E-state index is 11.2. The van der Waals surface area contributed by atoms with E-state index < -0.39 is 180 Å². The van der Waals surface area contributed by atoms with Crippen molar-refractivity contribution in [1.82, 2.24) is 0 Å². The Labute approximate surface area is 324 Å². The van der Waals surface area contributed by atoms with Gasteiger partial charge in [-0.05, 0) is 6.92 Å². The Bertz CT molecular complexity index is 1220. The van der Waals surface area contributed by atoms with E-state index >= 15 is 0 Å². The summed E-state index contributed by atoms with van der Waals surface area (Å²) in [6, 6.07) is 0. The van der Waals surface area contributed by atoms with E-state index in [4.69, 9.17) is 52.1 Å². The minimum absolute atomic E-state index is 0.609. The molecule has 0 spiro atoms. The van der Waals surface area contributed by atoms with Crippen molar-refractivity contribution in [3.63, 3.8) is 0 Å². The summed E-state index contributed by atoms with van der Waals surface area (Å²) >= 11 is 0. The second-order valence-corrected chi connectivity index (χ2v) is 14.4. The van der Waals surface area contributed by atoms with Crippen molar-refractivity contribution in [2.75, 3.05) is 40.6 Å². The molecule has 5 rings (SSSR count). The lowest BCUT2D eigenvalue weighted by molar-refractivity contribution is -0.387. The summed E-state index contributed by atoms with van der Waals surface area (Å²) in [6.07, 6.45) is -40.8. The maximum Gasteiger partial charge on any atom is 0.187 e. The lowest BCUT2D eigenvalue weighted by atomic mass is 9.95. The van der Waals surface area contributed by atoms with Crippen LogP contribution >= 0.6 is 0 Å². The Morgan fingerprint density at radius 1 is 0.368 bits per heavy atom. The minimum atomic E-state index is -1.98. The number of hydrogen-bond donors (Lipinski definition) is 14. The van der Waals surface area contributed by atoms with Crippen molar-refractivity contribution < 1.29 is 124 Å². The van der Waals surface area contributed by atoms with Crippen LogP contribution in [0.25, 0.3) is 0 Å². The normalized spacial score (nSPS) is 52.5. The third kappa shape index (κ3) is 9.73. The molecule has 14 N–H and O–H groups in total. The molecule has 0 radical (unpaired) electrons. The van der Waals surface area contributed by atoms with Gasteiger partial charge in [0.15, 0.2) is 31.5 Å². The molecule has 334 valence electrons. The van der Waals surface area contributed by atoms with E-state index in [1.165, 1.54) is 14.0 Å². The van der Waals surface area contributed by atoms with E-state index in [0.717, 1.165) is 7.11 Å². The summed E-state index contributed by atoms with van der Waals surface area (Å²) in [7, 11) is 2.38. The van der Waals surface area contributed by atoms with Crippen LogP contribution in [0.4, 0.5) is 0 Å². The van der Waals surface area contributed by atoms with Crippen LogP contribution in [0.1, 0.15) is 6.92 Å². The largest absolute Gasteiger partial charge is 0.394 e. The van der Waals surface area contributed by atoms with Crippen LogP contribution in [0.3, 0.4) is 0 Å². The van der Waals surface area contributed by atoms with Crippen molar-refractivity contribution in [2.45, 2.75) is 160 Å². The van der Waals surface area contributed by atoms with E-state index in [0.29, 0.717) is 0 Å². The molecule has 0 aliphatic carbocycles. The van der Waals surface area contributed by atoms with Gasteiger partial charge >= 0.3 is 0 Å². The molecule has 25 heteroatoms. The Morgan fingerprint density at radius 3 is 1.26 bits per heavy atom. The van der Waals surface area contributed by atoms with Crippen LogP contribution in [0.15, 0.2) is 0 Å². The van der Waals surface area contributed by atoms with Gasteiger partial charge in [0.2, 0.25) is 0 Å². The van der Waals surface area contributed by atoms with E-state index in [2.05, 4.69) is 0 Å². The number of ether oxygens (including phenoxy) is 11. The Kier molecular flexibility index (Phi) is 16.7. The van der Waals surface area contributed by atoms with Gasteiger partial charge in [0.25, 0.3) is 0 Å². The third-order valence-electron chi connectivity index (χ3n) is 10.7. The fraction of sp³-hybridized carbons (Fsp3) is 1.00. The molecule has 0 bridgehead atoms. The van der Waals surface area contributed by atoms with Crippen LogP contribution < -0.4 is 0 Å². The smallest absolute Gasteiger partial charge is 0.187 e. The van der Waals surface area contributed by atoms with E-state index in [1.807, 2.05) is 0 Å². The summed E-state index contributed by atoms with van der Waals surface area (Å²) in [5.41, 5.74) is 0. The van der Waals surface area contributed by atoms with Crippen molar-refractivity contribution >= 4 is 0 Å². The van der Waals surface area contributed by atoms with Crippen molar-refractivity contribution in [2.24, 2.45) is 0 Å². The van der Waals surface area contributed by atoms with Crippen molar-refractivity contribution in [3.05, 3.63) is 0 Å². The van der Waals surface area contributed by atoms with Gasteiger partial charge in [-0.2, -0.15) is 0 Å². The summed E-state index contributed by atoms with van der Waals surface area (Å²) in [5, 5.41) is 147. The molecule has 5 fully saturated rings. The number of hydrogen-bond acceptors (Lipinski definition) is 25. The van der Waals surface area contributed by atoms with Gasteiger partial charge in [0.1, 0.15) is 116 Å². The molecule has 0 saturated carbocycles. The fourth-order valence-corrected chi connectivity index (χ4v) is 7.36. The highest BCUT2D eigenvalue weighted by atomic mass is 16.8. The second-order valence-electron chi connectivity index (χ2n) is 14.4. The number of rotatable bonds is 14. The van der Waals surface area contributed by atoms with E-state index in [1.54, 1.807) is 0 Å². The molecular formula is C32H56O25. The molecule has 0 aromatic heterocycles. The first kappa shape index (κ1) is 47.1. The average molecular weight is 841 g/mol. The summed E-state index contributed by atoms with van der Waals surface area (Å²) in [6.45, 7) is -1.50. The molecule has 5 aliphatic heterocycles. The lowest BCUT2D eigenvalue weighted by Crippen LogP contribution is -2.67. The molecule has 5 heterocycles. The zero-order valence-corrected chi connectivity index (χ0v) is 31.0.